The number of piperidine rings is 2. The molecular weight excluding hydrogens is 626 g/mol. The number of alkyl halides is 6. The zero-order valence-electron chi connectivity index (χ0n) is 25.8. The quantitative estimate of drug-likeness (QED) is 0.250. The minimum atomic E-state index is -5.09. The second kappa shape index (κ2) is 14.2. The number of rotatable bonds is 10. The van der Waals surface area contributed by atoms with E-state index in [2.05, 4.69) is 15.2 Å². The summed E-state index contributed by atoms with van der Waals surface area (Å²) in [5, 5.41) is 13.5. The van der Waals surface area contributed by atoms with E-state index in [0.29, 0.717) is 10.9 Å². The van der Waals surface area contributed by atoms with Crippen LogP contribution in [0.4, 0.5) is 26.3 Å². The number of likely N-dealkylation sites (tertiary alicyclic amines) is 2. The van der Waals surface area contributed by atoms with Crippen molar-refractivity contribution in [2.24, 2.45) is 5.41 Å². The Morgan fingerprint density at radius 3 is 2.17 bits per heavy atom. The fourth-order valence-corrected chi connectivity index (χ4v) is 6.81. The summed E-state index contributed by atoms with van der Waals surface area (Å²) < 4.78 is 81.5. The molecule has 2 aliphatic heterocycles. The molecule has 1 amide bonds. The van der Waals surface area contributed by atoms with Crippen LogP contribution in [0.2, 0.25) is 0 Å². The van der Waals surface area contributed by atoms with Gasteiger partial charge in [0.2, 0.25) is 5.91 Å². The maximum atomic E-state index is 14.3. The smallest absolute Gasteiger partial charge is 0.403 e. The number of halogens is 6. The summed E-state index contributed by atoms with van der Waals surface area (Å²) in [4.78, 5) is 33.5. The second-order valence-corrected chi connectivity index (χ2v) is 12.5. The number of carbonyl (C=O) groups is 2. The van der Waals surface area contributed by atoms with Gasteiger partial charge in [-0.1, -0.05) is 48.9 Å². The maximum Gasteiger partial charge on any atom is 0.403 e. The van der Waals surface area contributed by atoms with Crippen LogP contribution in [0.5, 0.6) is 0 Å². The van der Waals surface area contributed by atoms with Gasteiger partial charge in [-0.05, 0) is 86.2 Å². The third-order valence-corrected chi connectivity index (χ3v) is 9.42. The molecule has 0 spiro atoms. The molecule has 0 bridgehead atoms. The molecule has 0 unspecified atom stereocenters. The van der Waals surface area contributed by atoms with Gasteiger partial charge in [-0.25, -0.2) is 4.79 Å². The van der Waals surface area contributed by atoms with Crippen LogP contribution in [-0.4, -0.2) is 89.4 Å². The molecule has 2 saturated heterocycles. The van der Waals surface area contributed by atoms with Gasteiger partial charge in [0.05, 0.1) is 12.2 Å². The third kappa shape index (κ3) is 8.06. The van der Waals surface area contributed by atoms with Gasteiger partial charge in [-0.2, -0.15) is 26.3 Å². The highest BCUT2D eigenvalue weighted by molar-refractivity contribution is 5.98. The highest BCUT2D eigenvalue weighted by Gasteiger charge is 2.61. The summed E-state index contributed by atoms with van der Waals surface area (Å²) in [6, 6.07) is 13.0. The summed E-state index contributed by atoms with van der Waals surface area (Å²) in [7, 11) is 0. The van der Waals surface area contributed by atoms with Gasteiger partial charge in [0.1, 0.15) is 11.5 Å². The minimum absolute atomic E-state index is 0.306. The number of carbonyl (C=O) groups excluding carboxylic acids is 1. The first-order chi connectivity index (χ1) is 22.3. The van der Waals surface area contributed by atoms with Gasteiger partial charge in [-0.3, -0.25) is 14.7 Å². The lowest BCUT2D eigenvalue weighted by Crippen LogP contribution is -2.59. The zero-order valence-corrected chi connectivity index (χ0v) is 25.8. The molecule has 2 aromatic carbocycles. The van der Waals surface area contributed by atoms with Gasteiger partial charge in [0.25, 0.3) is 0 Å². The zero-order chi connectivity index (χ0) is 33.8. The molecule has 47 heavy (non-hydrogen) atoms. The van der Waals surface area contributed by atoms with Crippen LogP contribution in [0.1, 0.15) is 43.2 Å². The van der Waals surface area contributed by atoms with Crippen molar-refractivity contribution in [3.63, 3.8) is 0 Å². The van der Waals surface area contributed by atoms with Crippen LogP contribution < -0.4 is 5.32 Å². The van der Waals surface area contributed by atoms with Gasteiger partial charge in [-0.15, -0.1) is 0 Å². The van der Waals surface area contributed by atoms with Crippen LogP contribution in [0.15, 0.2) is 54.7 Å². The number of aliphatic carboxylic acids is 1. The Labute approximate surface area is 268 Å². The van der Waals surface area contributed by atoms with E-state index in [-0.39, 0.29) is 6.42 Å². The largest absolute Gasteiger partial charge is 0.480 e. The number of nitrogens with one attached hydrogen (secondary N) is 1. The molecule has 2 aliphatic rings. The Balaban J connectivity index is 1.38. The molecule has 1 atom stereocenters. The van der Waals surface area contributed by atoms with Crippen LogP contribution in [-0.2, 0) is 22.4 Å². The molecule has 2 N–H and O–H groups in total. The SMILES string of the molecule is O=C(O)[C@H](Cc1cccc2c(-c3ncccc3CCN3CCCCC3)cccc12)NC(=O)C1(C(F)(F)F)CCN(CC(F)(F)F)CC1. The lowest BCUT2D eigenvalue weighted by molar-refractivity contribution is -0.236. The monoisotopic (exact) mass is 664 g/mol. The first-order valence-electron chi connectivity index (χ1n) is 15.8. The van der Waals surface area contributed by atoms with Gasteiger partial charge < -0.3 is 15.3 Å². The third-order valence-electron chi connectivity index (χ3n) is 9.42. The number of carboxylic acid groups (broad SMARTS) is 1. The molecule has 2 fully saturated rings. The van der Waals surface area contributed by atoms with Crippen molar-refractivity contribution in [3.8, 4) is 11.3 Å². The molecule has 7 nitrogen and oxygen atoms in total. The topological polar surface area (TPSA) is 85.8 Å². The maximum absolute atomic E-state index is 14.3. The van der Waals surface area contributed by atoms with Crippen molar-refractivity contribution >= 4 is 22.6 Å². The normalized spacial score (nSPS) is 18.6. The first kappa shape index (κ1) is 34.6. The van der Waals surface area contributed by atoms with Gasteiger partial charge in [0.15, 0.2) is 0 Å². The standard InChI is InChI=1S/C34H38F6N4O3/c35-33(36,37)22-44-19-13-32(14-20-44,34(38,39)40)31(47)42-28(30(45)46)21-24-7-4-10-26-25(24)9-5-11-27(26)29-23(8-6-15-41-29)12-18-43-16-2-1-3-17-43/h4-11,15,28H,1-3,12-14,16-22H2,(H,42,47)(H,45,46)/t28-/m0/s1. The highest BCUT2D eigenvalue weighted by Crippen LogP contribution is 2.47. The fourth-order valence-electron chi connectivity index (χ4n) is 6.81. The van der Waals surface area contributed by atoms with E-state index in [1.807, 2.05) is 30.3 Å². The number of nitrogens with zero attached hydrogens (tertiary/aromatic N) is 3. The highest BCUT2D eigenvalue weighted by atomic mass is 19.4. The minimum Gasteiger partial charge on any atom is -0.480 e. The van der Waals surface area contributed by atoms with E-state index in [0.717, 1.165) is 53.2 Å². The van der Waals surface area contributed by atoms with Crippen molar-refractivity contribution in [2.75, 3.05) is 39.3 Å². The molecule has 3 heterocycles. The van der Waals surface area contributed by atoms with E-state index in [9.17, 15) is 41.0 Å². The number of aromatic nitrogens is 1. The number of hydrogen-bond acceptors (Lipinski definition) is 5. The summed E-state index contributed by atoms with van der Waals surface area (Å²) in [5.41, 5.74) is 0.183. The molecule has 0 aliphatic carbocycles. The summed E-state index contributed by atoms with van der Waals surface area (Å²) >= 11 is 0. The molecule has 3 aromatic rings. The van der Waals surface area contributed by atoms with E-state index in [1.165, 1.54) is 19.3 Å². The molecule has 0 radical (unpaired) electrons. The molecule has 1 aromatic heterocycles. The van der Waals surface area contributed by atoms with E-state index >= 15 is 0 Å². The summed E-state index contributed by atoms with van der Waals surface area (Å²) in [6.45, 7) is 0.425. The van der Waals surface area contributed by atoms with Gasteiger partial charge >= 0.3 is 18.3 Å². The van der Waals surface area contributed by atoms with Crippen molar-refractivity contribution in [2.45, 2.75) is 63.3 Å². The Morgan fingerprint density at radius 2 is 1.51 bits per heavy atom. The first-order valence-corrected chi connectivity index (χ1v) is 15.8. The summed E-state index contributed by atoms with van der Waals surface area (Å²) in [6.07, 6.45) is -5.70. The number of hydrogen-bond donors (Lipinski definition) is 2. The average Bonchev–Trinajstić information content (AvgIpc) is 3.03. The van der Waals surface area contributed by atoms with Crippen LogP contribution in [0.25, 0.3) is 22.0 Å². The lowest BCUT2D eigenvalue weighted by atomic mass is 9.76. The number of benzene rings is 2. The van der Waals surface area contributed by atoms with Crippen molar-refractivity contribution in [1.29, 1.82) is 0 Å². The summed E-state index contributed by atoms with van der Waals surface area (Å²) in [5.74, 6) is -3.07. The van der Waals surface area contributed by atoms with E-state index in [4.69, 9.17) is 0 Å². The van der Waals surface area contributed by atoms with E-state index < -0.39 is 68.2 Å². The van der Waals surface area contributed by atoms with Crippen LogP contribution in [0.3, 0.4) is 0 Å². The molecule has 0 saturated carbocycles. The van der Waals surface area contributed by atoms with Crippen LogP contribution >= 0.6 is 0 Å². The predicted octanol–water partition coefficient (Wildman–Crippen LogP) is 6.25. The lowest BCUT2D eigenvalue weighted by Gasteiger charge is -2.42. The predicted molar refractivity (Wildman–Crippen MR) is 165 cm³/mol. The second-order valence-electron chi connectivity index (χ2n) is 12.5. The van der Waals surface area contributed by atoms with Crippen molar-refractivity contribution < 1.29 is 41.0 Å². The van der Waals surface area contributed by atoms with Gasteiger partial charge in [0, 0.05) is 24.7 Å². The molecule has 5 rings (SSSR count). The molecule has 13 heteroatoms. The van der Waals surface area contributed by atoms with Crippen molar-refractivity contribution in [3.05, 3.63) is 65.9 Å². The molecular formula is C34H38F6N4O3. The number of carboxylic acids is 1. The Morgan fingerprint density at radius 1 is 0.851 bits per heavy atom. The Hall–Kier alpha value is -3.71. The average molecular weight is 665 g/mol. The van der Waals surface area contributed by atoms with E-state index in [1.54, 1.807) is 24.4 Å². The number of pyridine rings is 1. The molecule has 254 valence electrons. The Kier molecular flexibility index (Phi) is 10.4. The Bertz CT molecular complexity index is 1560. The number of fused-ring (bicyclic) bond motifs is 1. The van der Waals surface area contributed by atoms with Crippen molar-refractivity contribution in [1.82, 2.24) is 20.1 Å². The van der Waals surface area contributed by atoms with Crippen LogP contribution in [0, 0.1) is 5.41 Å². The fraction of sp³-hybridized carbons (Fsp3) is 0.500. The number of amides is 1.